The zero-order valence-electron chi connectivity index (χ0n) is 18.4. The third-order valence-corrected chi connectivity index (χ3v) is 6.09. The SMILES string of the molecule is Cc1cccc(N2C(=O)NC(=O)/C(=C\c3ccc(OCc4cccc(F)c4)c(Br)c3)C2=O)c1C. The van der Waals surface area contributed by atoms with Gasteiger partial charge in [-0.05, 0) is 88.4 Å². The topological polar surface area (TPSA) is 75.7 Å². The zero-order chi connectivity index (χ0) is 24.4. The van der Waals surface area contributed by atoms with Crippen LogP contribution in [0.2, 0.25) is 0 Å². The number of aryl methyl sites for hydroxylation is 1. The fourth-order valence-electron chi connectivity index (χ4n) is 3.53. The number of amides is 4. The molecule has 3 aromatic carbocycles. The van der Waals surface area contributed by atoms with Gasteiger partial charge in [-0.2, -0.15) is 0 Å². The van der Waals surface area contributed by atoms with Crippen molar-refractivity contribution in [1.82, 2.24) is 5.32 Å². The van der Waals surface area contributed by atoms with E-state index in [1.54, 1.807) is 42.5 Å². The summed E-state index contributed by atoms with van der Waals surface area (Å²) in [7, 11) is 0. The molecule has 0 spiro atoms. The van der Waals surface area contributed by atoms with Crippen LogP contribution in [0.5, 0.6) is 5.75 Å². The van der Waals surface area contributed by atoms with Crippen LogP contribution in [-0.2, 0) is 16.2 Å². The van der Waals surface area contributed by atoms with Crippen LogP contribution >= 0.6 is 15.9 Å². The number of rotatable bonds is 5. The van der Waals surface area contributed by atoms with Crippen LogP contribution in [0.1, 0.15) is 22.3 Å². The fraction of sp³-hybridized carbons (Fsp3) is 0.115. The van der Waals surface area contributed by atoms with E-state index in [-0.39, 0.29) is 18.0 Å². The highest BCUT2D eigenvalue weighted by Gasteiger charge is 2.37. The lowest BCUT2D eigenvalue weighted by Gasteiger charge is -2.28. The second kappa shape index (κ2) is 9.61. The molecule has 0 aliphatic carbocycles. The lowest BCUT2D eigenvalue weighted by Crippen LogP contribution is -2.54. The summed E-state index contributed by atoms with van der Waals surface area (Å²) in [6.07, 6.45) is 1.42. The van der Waals surface area contributed by atoms with Gasteiger partial charge >= 0.3 is 6.03 Å². The van der Waals surface area contributed by atoms with Crippen LogP contribution in [0.4, 0.5) is 14.9 Å². The Bertz CT molecular complexity index is 1350. The van der Waals surface area contributed by atoms with Gasteiger partial charge in [-0.1, -0.05) is 30.3 Å². The van der Waals surface area contributed by atoms with Crippen molar-refractivity contribution < 1.29 is 23.5 Å². The summed E-state index contributed by atoms with van der Waals surface area (Å²) in [5, 5.41) is 2.24. The van der Waals surface area contributed by atoms with E-state index in [0.29, 0.717) is 27.0 Å². The van der Waals surface area contributed by atoms with Crippen molar-refractivity contribution in [1.29, 1.82) is 0 Å². The van der Waals surface area contributed by atoms with E-state index in [4.69, 9.17) is 4.74 Å². The van der Waals surface area contributed by atoms with Gasteiger partial charge in [-0.3, -0.25) is 14.9 Å². The molecule has 6 nitrogen and oxygen atoms in total. The molecular weight excluding hydrogens is 503 g/mol. The minimum absolute atomic E-state index is 0.166. The van der Waals surface area contributed by atoms with Gasteiger partial charge in [0.2, 0.25) is 0 Å². The number of carbonyl (C=O) groups is 3. The van der Waals surface area contributed by atoms with Crippen LogP contribution < -0.4 is 15.0 Å². The summed E-state index contributed by atoms with van der Waals surface area (Å²) in [6, 6.07) is 15.7. The summed E-state index contributed by atoms with van der Waals surface area (Å²) in [6.45, 7) is 3.86. The molecule has 3 aromatic rings. The Morgan fingerprint density at radius 1 is 1.03 bits per heavy atom. The number of barbiturate groups is 1. The molecule has 1 saturated heterocycles. The second-order valence-corrected chi connectivity index (χ2v) is 8.64. The molecule has 0 aromatic heterocycles. The van der Waals surface area contributed by atoms with E-state index >= 15 is 0 Å². The molecule has 34 heavy (non-hydrogen) atoms. The monoisotopic (exact) mass is 522 g/mol. The fourth-order valence-corrected chi connectivity index (χ4v) is 4.04. The van der Waals surface area contributed by atoms with E-state index in [1.165, 1.54) is 18.2 Å². The van der Waals surface area contributed by atoms with E-state index in [9.17, 15) is 18.8 Å². The lowest BCUT2D eigenvalue weighted by molar-refractivity contribution is -0.122. The molecule has 1 N–H and O–H groups in total. The third-order valence-electron chi connectivity index (χ3n) is 5.47. The Morgan fingerprint density at radius 3 is 2.53 bits per heavy atom. The summed E-state index contributed by atoms with van der Waals surface area (Å²) < 4.78 is 19.7. The zero-order valence-corrected chi connectivity index (χ0v) is 20.0. The van der Waals surface area contributed by atoms with Crippen molar-refractivity contribution in [3.05, 3.63) is 98.8 Å². The maximum Gasteiger partial charge on any atom is 0.335 e. The molecule has 1 fully saturated rings. The second-order valence-electron chi connectivity index (χ2n) is 7.79. The number of benzene rings is 3. The first-order valence-electron chi connectivity index (χ1n) is 10.4. The minimum atomic E-state index is -0.789. The van der Waals surface area contributed by atoms with Gasteiger partial charge in [0.25, 0.3) is 11.8 Å². The van der Waals surface area contributed by atoms with Gasteiger partial charge in [0.15, 0.2) is 0 Å². The molecule has 1 aliphatic heterocycles. The quantitative estimate of drug-likeness (QED) is 0.357. The maximum absolute atomic E-state index is 13.4. The predicted octanol–water partition coefficient (Wildman–Crippen LogP) is 5.45. The predicted molar refractivity (Wildman–Crippen MR) is 130 cm³/mol. The smallest absolute Gasteiger partial charge is 0.335 e. The highest BCUT2D eigenvalue weighted by Crippen LogP contribution is 2.30. The largest absolute Gasteiger partial charge is 0.488 e. The molecule has 1 heterocycles. The van der Waals surface area contributed by atoms with Crippen molar-refractivity contribution in [3.8, 4) is 5.75 Å². The number of anilines is 1. The van der Waals surface area contributed by atoms with Crippen molar-refractivity contribution in [2.75, 3.05) is 4.90 Å². The first-order valence-corrected chi connectivity index (χ1v) is 11.2. The molecule has 0 bridgehead atoms. The number of carbonyl (C=O) groups excluding carboxylic acids is 3. The molecule has 0 saturated carbocycles. The molecule has 4 rings (SSSR count). The van der Waals surface area contributed by atoms with Gasteiger partial charge in [-0.15, -0.1) is 0 Å². The average molecular weight is 523 g/mol. The summed E-state index contributed by atoms with van der Waals surface area (Å²) in [5.41, 5.74) is 3.17. The first kappa shape index (κ1) is 23.4. The highest BCUT2D eigenvalue weighted by atomic mass is 79.9. The van der Waals surface area contributed by atoms with Crippen molar-refractivity contribution in [3.63, 3.8) is 0 Å². The highest BCUT2D eigenvalue weighted by molar-refractivity contribution is 9.10. The minimum Gasteiger partial charge on any atom is -0.488 e. The van der Waals surface area contributed by atoms with Crippen LogP contribution in [-0.4, -0.2) is 17.8 Å². The maximum atomic E-state index is 13.4. The van der Waals surface area contributed by atoms with Crippen LogP contribution in [0, 0.1) is 19.7 Å². The number of nitrogens with zero attached hydrogens (tertiary/aromatic N) is 1. The number of hydrogen-bond donors (Lipinski definition) is 1. The summed E-state index contributed by atoms with van der Waals surface area (Å²) >= 11 is 3.43. The molecule has 1 aliphatic rings. The van der Waals surface area contributed by atoms with Crippen LogP contribution in [0.25, 0.3) is 6.08 Å². The number of imide groups is 2. The van der Waals surface area contributed by atoms with Crippen molar-refractivity contribution in [2.24, 2.45) is 0 Å². The van der Waals surface area contributed by atoms with Gasteiger partial charge < -0.3 is 4.74 Å². The third kappa shape index (κ3) is 4.77. The van der Waals surface area contributed by atoms with Crippen LogP contribution in [0.15, 0.2) is 70.7 Å². The van der Waals surface area contributed by atoms with E-state index < -0.39 is 17.8 Å². The Kier molecular flexibility index (Phi) is 6.61. The average Bonchev–Trinajstić information content (AvgIpc) is 2.79. The Morgan fingerprint density at radius 2 is 1.79 bits per heavy atom. The Labute approximate surface area is 204 Å². The lowest BCUT2D eigenvalue weighted by atomic mass is 10.0. The Hall–Kier alpha value is -3.78. The number of halogens is 2. The summed E-state index contributed by atoms with van der Waals surface area (Å²) in [4.78, 5) is 39.1. The molecule has 0 radical (unpaired) electrons. The Balaban J connectivity index is 1.59. The molecule has 4 amide bonds. The van der Waals surface area contributed by atoms with Crippen molar-refractivity contribution >= 4 is 45.5 Å². The number of nitrogens with one attached hydrogen (secondary N) is 1. The molecule has 0 unspecified atom stereocenters. The molecule has 0 atom stereocenters. The summed E-state index contributed by atoms with van der Waals surface area (Å²) in [5.74, 6) is -1.30. The number of urea groups is 1. The van der Waals surface area contributed by atoms with Gasteiger partial charge in [0.05, 0.1) is 10.2 Å². The normalized spacial score (nSPS) is 15.0. The standard InChI is InChI=1S/C26H20BrFN2O4/c1-15-5-3-8-22(16(15)2)30-25(32)20(24(31)29-26(30)33)12-17-9-10-23(21(27)13-17)34-14-18-6-4-7-19(28)11-18/h3-13H,14H2,1-2H3,(H,29,31,33)/b20-12+. The van der Waals surface area contributed by atoms with E-state index in [1.807, 2.05) is 19.9 Å². The molecule has 172 valence electrons. The van der Waals surface area contributed by atoms with Gasteiger partial charge in [0, 0.05) is 0 Å². The van der Waals surface area contributed by atoms with Gasteiger partial charge in [0.1, 0.15) is 23.7 Å². The van der Waals surface area contributed by atoms with Crippen LogP contribution in [0.3, 0.4) is 0 Å². The number of hydrogen-bond acceptors (Lipinski definition) is 4. The van der Waals surface area contributed by atoms with Crippen molar-refractivity contribution in [2.45, 2.75) is 20.5 Å². The molecule has 8 heteroatoms. The van der Waals surface area contributed by atoms with E-state index in [0.717, 1.165) is 16.0 Å². The van der Waals surface area contributed by atoms with E-state index in [2.05, 4.69) is 21.2 Å². The van der Waals surface area contributed by atoms with Gasteiger partial charge in [-0.25, -0.2) is 14.1 Å². The number of ether oxygens (including phenoxy) is 1. The first-order chi connectivity index (χ1) is 16.2. The molecular formula is C26H20BrFN2O4.